The number of carbonyl (C=O) groups is 2. The smallest absolute Gasteiger partial charge is 0.335 e. The topological polar surface area (TPSA) is 66.8 Å². The summed E-state index contributed by atoms with van der Waals surface area (Å²) >= 11 is 0. The number of benzene rings is 1. The van der Waals surface area contributed by atoms with Crippen LogP contribution >= 0.6 is 0 Å². The van der Waals surface area contributed by atoms with E-state index in [1.54, 1.807) is 37.3 Å². The van der Waals surface area contributed by atoms with Gasteiger partial charge in [0.25, 0.3) is 0 Å². The van der Waals surface area contributed by atoms with E-state index in [0.29, 0.717) is 18.7 Å². The summed E-state index contributed by atoms with van der Waals surface area (Å²) in [7, 11) is 3.33. The number of ether oxygens (including phenoxy) is 1. The Hall–Kier alpha value is -1.88. The molecule has 1 aromatic carbocycles. The highest BCUT2D eigenvalue weighted by atomic mass is 16.5. The van der Waals surface area contributed by atoms with Crippen molar-refractivity contribution in [3.05, 3.63) is 35.4 Å². The van der Waals surface area contributed by atoms with Crippen LogP contribution in [0.25, 0.3) is 0 Å². The molecule has 0 heterocycles. The number of rotatable bonds is 7. The molecule has 5 heteroatoms. The van der Waals surface area contributed by atoms with E-state index < -0.39 is 5.97 Å². The third kappa shape index (κ3) is 4.71. The molecule has 104 valence electrons. The Morgan fingerprint density at radius 1 is 1.32 bits per heavy atom. The van der Waals surface area contributed by atoms with Crippen LogP contribution in [-0.4, -0.2) is 49.2 Å². The number of amides is 1. The molecule has 1 rings (SSSR count). The minimum absolute atomic E-state index is 0.0928. The van der Waals surface area contributed by atoms with E-state index in [4.69, 9.17) is 9.84 Å². The minimum Gasteiger partial charge on any atom is -0.478 e. The molecule has 0 atom stereocenters. The molecular formula is C14H19NO4. The lowest BCUT2D eigenvalue weighted by molar-refractivity contribution is -0.129. The van der Waals surface area contributed by atoms with Crippen molar-refractivity contribution < 1.29 is 19.4 Å². The number of hydrogen-bond donors (Lipinski definition) is 1. The molecule has 0 aliphatic carbocycles. The van der Waals surface area contributed by atoms with Gasteiger partial charge in [0.05, 0.1) is 12.0 Å². The summed E-state index contributed by atoms with van der Waals surface area (Å²) < 4.78 is 4.93. The number of carbonyl (C=O) groups excluding carboxylic acids is 1. The number of nitrogens with zero attached hydrogens (tertiary/aromatic N) is 1. The van der Waals surface area contributed by atoms with E-state index in [2.05, 4.69) is 0 Å². The number of carboxylic acids is 1. The molecule has 19 heavy (non-hydrogen) atoms. The predicted molar refractivity (Wildman–Crippen MR) is 71.2 cm³/mol. The van der Waals surface area contributed by atoms with Gasteiger partial charge < -0.3 is 14.7 Å². The molecule has 0 radical (unpaired) electrons. The van der Waals surface area contributed by atoms with Crippen molar-refractivity contribution in [1.82, 2.24) is 4.90 Å². The Morgan fingerprint density at radius 2 is 2.00 bits per heavy atom. The monoisotopic (exact) mass is 265 g/mol. The van der Waals surface area contributed by atoms with Gasteiger partial charge in [0.2, 0.25) is 5.91 Å². The lowest BCUT2D eigenvalue weighted by Gasteiger charge is -2.17. The predicted octanol–water partition coefficient (Wildman–Crippen LogP) is 1.42. The number of likely N-dealkylation sites (N-methyl/N-ethyl adjacent to an activating group) is 1. The van der Waals surface area contributed by atoms with Crippen LogP contribution in [0, 0.1) is 0 Å². The van der Waals surface area contributed by atoms with Gasteiger partial charge in [-0.05, 0) is 18.1 Å². The van der Waals surface area contributed by atoms with Crippen LogP contribution in [-0.2, 0) is 16.0 Å². The van der Waals surface area contributed by atoms with Gasteiger partial charge in [0, 0.05) is 27.3 Å². The maximum atomic E-state index is 12.0. The lowest BCUT2D eigenvalue weighted by atomic mass is 10.0. The molecule has 1 aromatic rings. The van der Waals surface area contributed by atoms with Gasteiger partial charge in [-0.3, -0.25) is 4.79 Å². The second-order valence-electron chi connectivity index (χ2n) is 4.30. The van der Waals surface area contributed by atoms with Crippen LogP contribution in [0.5, 0.6) is 0 Å². The van der Waals surface area contributed by atoms with Crippen molar-refractivity contribution in [3.8, 4) is 0 Å². The van der Waals surface area contributed by atoms with Crippen LogP contribution in [0.4, 0.5) is 0 Å². The number of aromatic carboxylic acids is 1. The van der Waals surface area contributed by atoms with Gasteiger partial charge >= 0.3 is 5.97 Å². The molecule has 0 saturated carbocycles. The Morgan fingerprint density at radius 3 is 2.63 bits per heavy atom. The summed E-state index contributed by atoms with van der Waals surface area (Å²) in [5.41, 5.74) is 0.722. The highest BCUT2D eigenvalue weighted by Crippen LogP contribution is 2.10. The zero-order valence-corrected chi connectivity index (χ0v) is 11.3. The fraction of sp³-hybridized carbons (Fsp3) is 0.429. The van der Waals surface area contributed by atoms with Gasteiger partial charge in [-0.2, -0.15) is 0 Å². The molecule has 0 aliphatic rings. The molecule has 0 fully saturated rings. The molecule has 0 spiro atoms. The molecule has 0 unspecified atom stereocenters. The summed E-state index contributed by atoms with van der Waals surface area (Å²) in [4.78, 5) is 24.6. The Balaban J connectivity index is 2.64. The van der Waals surface area contributed by atoms with Gasteiger partial charge in [-0.15, -0.1) is 0 Å². The average Bonchev–Trinajstić information content (AvgIpc) is 2.39. The van der Waals surface area contributed by atoms with Crippen molar-refractivity contribution in [2.24, 2.45) is 0 Å². The highest BCUT2D eigenvalue weighted by molar-refractivity contribution is 5.91. The first kappa shape index (κ1) is 15.2. The first-order valence-electron chi connectivity index (χ1n) is 6.10. The number of hydrogen-bond acceptors (Lipinski definition) is 3. The fourth-order valence-electron chi connectivity index (χ4n) is 1.75. The second-order valence-corrected chi connectivity index (χ2v) is 4.30. The van der Waals surface area contributed by atoms with Crippen molar-refractivity contribution in [1.29, 1.82) is 0 Å². The normalized spacial score (nSPS) is 10.2. The standard InChI is InChI=1S/C14H19NO4/c1-15(8-5-9-19-2)13(16)10-11-6-3-4-7-12(11)14(17)18/h3-4,6-7H,5,8-10H2,1-2H3,(H,17,18). The van der Waals surface area contributed by atoms with Crippen molar-refractivity contribution in [2.45, 2.75) is 12.8 Å². The molecule has 0 bridgehead atoms. The van der Waals surface area contributed by atoms with Gasteiger partial charge in [-0.1, -0.05) is 18.2 Å². The summed E-state index contributed by atoms with van der Waals surface area (Å²) in [6, 6.07) is 6.57. The van der Waals surface area contributed by atoms with Crippen LogP contribution < -0.4 is 0 Å². The van der Waals surface area contributed by atoms with Crippen molar-refractivity contribution in [2.75, 3.05) is 27.3 Å². The van der Waals surface area contributed by atoms with Crippen LogP contribution in [0.2, 0.25) is 0 Å². The van der Waals surface area contributed by atoms with E-state index in [1.165, 1.54) is 6.07 Å². The molecule has 1 N–H and O–H groups in total. The largest absolute Gasteiger partial charge is 0.478 e. The Kier molecular flexibility index (Phi) is 6.02. The van der Waals surface area contributed by atoms with Gasteiger partial charge in [-0.25, -0.2) is 4.79 Å². The van der Waals surface area contributed by atoms with Crippen LogP contribution in [0.1, 0.15) is 22.3 Å². The first-order chi connectivity index (χ1) is 9.06. The van der Waals surface area contributed by atoms with Gasteiger partial charge in [0.15, 0.2) is 0 Å². The number of carboxylic acid groups (broad SMARTS) is 1. The van der Waals surface area contributed by atoms with E-state index in [0.717, 1.165) is 6.42 Å². The molecule has 0 aliphatic heterocycles. The molecule has 0 saturated heterocycles. The minimum atomic E-state index is -1.01. The van der Waals surface area contributed by atoms with Crippen LogP contribution in [0.3, 0.4) is 0 Å². The summed E-state index contributed by atoms with van der Waals surface area (Å²) in [6.07, 6.45) is 0.866. The Bertz CT molecular complexity index is 445. The lowest BCUT2D eigenvalue weighted by Crippen LogP contribution is -2.30. The van der Waals surface area contributed by atoms with Crippen molar-refractivity contribution >= 4 is 11.9 Å². The van der Waals surface area contributed by atoms with Gasteiger partial charge in [0.1, 0.15) is 0 Å². The zero-order valence-electron chi connectivity index (χ0n) is 11.3. The summed E-state index contributed by atoms with van der Waals surface area (Å²) in [5, 5.41) is 9.05. The first-order valence-corrected chi connectivity index (χ1v) is 6.10. The molecular weight excluding hydrogens is 246 g/mol. The second kappa shape index (κ2) is 7.53. The molecule has 0 aromatic heterocycles. The molecule has 1 amide bonds. The summed E-state index contributed by atoms with van der Waals surface area (Å²) in [6.45, 7) is 1.20. The van der Waals surface area contributed by atoms with E-state index in [-0.39, 0.29) is 17.9 Å². The van der Waals surface area contributed by atoms with Crippen molar-refractivity contribution in [3.63, 3.8) is 0 Å². The fourth-order valence-corrected chi connectivity index (χ4v) is 1.75. The van der Waals surface area contributed by atoms with E-state index in [9.17, 15) is 9.59 Å². The van der Waals surface area contributed by atoms with E-state index >= 15 is 0 Å². The third-order valence-corrected chi connectivity index (χ3v) is 2.86. The number of methoxy groups -OCH3 is 1. The quantitative estimate of drug-likeness (QED) is 0.757. The zero-order chi connectivity index (χ0) is 14.3. The van der Waals surface area contributed by atoms with E-state index in [1.807, 2.05) is 0 Å². The summed E-state index contributed by atoms with van der Waals surface area (Å²) in [5.74, 6) is -1.10. The third-order valence-electron chi connectivity index (χ3n) is 2.86. The van der Waals surface area contributed by atoms with Crippen LogP contribution in [0.15, 0.2) is 24.3 Å². The molecule has 5 nitrogen and oxygen atoms in total. The maximum absolute atomic E-state index is 12.0. The average molecular weight is 265 g/mol. The SMILES string of the molecule is COCCCN(C)C(=O)Cc1ccccc1C(=O)O. The highest BCUT2D eigenvalue weighted by Gasteiger charge is 2.14. The maximum Gasteiger partial charge on any atom is 0.335 e. The Labute approximate surface area is 112 Å².